The minimum absolute atomic E-state index is 0.451. The summed E-state index contributed by atoms with van der Waals surface area (Å²) in [5.74, 6) is 1.79. The molecule has 0 saturated heterocycles. The molecule has 7 heteroatoms. The fourth-order valence-corrected chi connectivity index (χ4v) is 2.63. The lowest BCUT2D eigenvalue weighted by molar-refractivity contribution is 0.414. The Labute approximate surface area is 141 Å². The first-order chi connectivity index (χ1) is 10.6. The van der Waals surface area contributed by atoms with Crippen molar-refractivity contribution in [3.63, 3.8) is 0 Å². The number of halogens is 2. The molecular weight excluding hydrogens is 368 g/mol. The van der Waals surface area contributed by atoms with Crippen molar-refractivity contribution in [1.29, 1.82) is 0 Å². The lowest BCUT2D eigenvalue weighted by Gasteiger charge is -2.05. The van der Waals surface area contributed by atoms with E-state index in [1.54, 1.807) is 24.2 Å². The van der Waals surface area contributed by atoms with Crippen LogP contribution in [0.5, 0.6) is 5.75 Å². The van der Waals surface area contributed by atoms with Gasteiger partial charge in [0.15, 0.2) is 11.6 Å². The molecule has 5 nitrogen and oxygen atoms in total. The summed E-state index contributed by atoms with van der Waals surface area (Å²) in [6.45, 7) is 0. The van der Waals surface area contributed by atoms with Crippen LogP contribution in [0, 0.1) is 0 Å². The highest BCUT2D eigenvalue weighted by molar-refractivity contribution is 9.10. The number of aromatic nitrogens is 4. The Balaban J connectivity index is 2.12. The molecule has 112 valence electrons. The van der Waals surface area contributed by atoms with Crippen molar-refractivity contribution in [1.82, 2.24) is 19.7 Å². The van der Waals surface area contributed by atoms with Crippen molar-refractivity contribution >= 4 is 27.5 Å². The SMILES string of the molecule is COc1cncc(Cl)c1-c1nc(-c2ccc(Br)cc2)n(C)n1. The number of aryl methyl sites for hydroxylation is 1. The van der Waals surface area contributed by atoms with Crippen LogP contribution in [-0.2, 0) is 7.05 Å². The number of hydrogen-bond donors (Lipinski definition) is 0. The van der Waals surface area contributed by atoms with Gasteiger partial charge in [-0.05, 0) is 12.1 Å². The number of rotatable bonds is 3. The van der Waals surface area contributed by atoms with Gasteiger partial charge in [0, 0.05) is 23.3 Å². The second-order valence-corrected chi connectivity index (χ2v) is 5.91. The Morgan fingerprint density at radius 2 is 1.91 bits per heavy atom. The first-order valence-electron chi connectivity index (χ1n) is 6.45. The molecule has 3 aromatic rings. The van der Waals surface area contributed by atoms with Gasteiger partial charge >= 0.3 is 0 Å². The van der Waals surface area contributed by atoms with E-state index >= 15 is 0 Å². The number of ether oxygens (including phenoxy) is 1. The van der Waals surface area contributed by atoms with Crippen LogP contribution in [0.15, 0.2) is 41.1 Å². The average Bonchev–Trinajstić information content (AvgIpc) is 2.89. The summed E-state index contributed by atoms with van der Waals surface area (Å²) in [5.41, 5.74) is 1.60. The highest BCUT2D eigenvalue weighted by Gasteiger charge is 2.18. The highest BCUT2D eigenvalue weighted by Crippen LogP contribution is 2.34. The summed E-state index contributed by atoms with van der Waals surface area (Å²) < 4.78 is 8.04. The molecule has 1 aromatic carbocycles. The van der Waals surface area contributed by atoms with E-state index in [9.17, 15) is 0 Å². The zero-order valence-corrected chi connectivity index (χ0v) is 14.3. The lowest BCUT2D eigenvalue weighted by Crippen LogP contribution is -1.95. The molecule has 0 N–H and O–H groups in total. The summed E-state index contributed by atoms with van der Waals surface area (Å²) in [7, 11) is 3.41. The molecule has 2 aromatic heterocycles. The average molecular weight is 380 g/mol. The van der Waals surface area contributed by atoms with E-state index < -0.39 is 0 Å². The van der Waals surface area contributed by atoms with E-state index in [2.05, 4.69) is 31.0 Å². The van der Waals surface area contributed by atoms with Gasteiger partial charge in [0.1, 0.15) is 5.75 Å². The van der Waals surface area contributed by atoms with E-state index in [1.165, 1.54) is 0 Å². The van der Waals surface area contributed by atoms with E-state index in [-0.39, 0.29) is 0 Å². The molecular formula is C15H12BrClN4O. The molecule has 0 unspecified atom stereocenters. The standard InChI is InChI=1S/C15H12BrClN4O/c1-21-15(9-3-5-10(16)6-4-9)19-14(20-21)13-11(17)7-18-8-12(13)22-2/h3-8H,1-2H3. The number of pyridine rings is 1. The van der Waals surface area contributed by atoms with Crippen LogP contribution in [0.1, 0.15) is 0 Å². The molecule has 22 heavy (non-hydrogen) atoms. The number of hydrogen-bond acceptors (Lipinski definition) is 4. The third kappa shape index (κ3) is 2.71. The summed E-state index contributed by atoms with van der Waals surface area (Å²) in [4.78, 5) is 8.61. The van der Waals surface area contributed by atoms with Crippen LogP contribution < -0.4 is 4.74 Å². The van der Waals surface area contributed by atoms with Crippen LogP contribution in [-0.4, -0.2) is 26.9 Å². The third-order valence-electron chi connectivity index (χ3n) is 3.17. The largest absolute Gasteiger partial charge is 0.494 e. The first kappa shape index (κ1) is 15.0. The van der Waals surface area contributed by atoms with E-state index in [1.807, 2.05) is 31.3 Å². The summed E-state index contributed by atoms with van der Waals surface area (Å²) >= 11 is 9.66. The van der Waals surface area contributed by atoms with Gasteiger partial charge in [-0.15, -0.1) is 0 Å². The van der Waals surface area contributed by atoms with Crippen molar-refractivity contribution in [3.05, 3.63) is 46.2 Å². The van der Waals surface area contributed by atoms with Crippen molar-refractivity contribution in [2.45, 2.75) is 0 Å². The van der Waals surface area contributed by atoms with Crippen LogP contribution in [0.25, 0.3) is 22.8 Å². The quantitative estimate of drug-likeness (QED) is 0.691. The van der Waals surface area contributed by atoms with Gasteiger partial charge in [-0.3, -0.25) is 4.98 Å². The van der Waals surface area contributed by atoms with Crippen molar-refractivity contribution in [3.8, 4) is 28.5 Å². The van der Waals surface area contributed by atoms with Crippen molar-refractivity contribution in [2.24, 2.45) is 7.05 Å². The van der Waals surface area contributed by atoms with Crippen LogP contribution >= 0.6 is 27.5 Å². The maximum Gasteiger partial charge on any atom is 0.187 e. The molecule has 0 aliphatic carbocycles. The maximum absolute atomic E-state index is 6.23. The van der Waals surface area contributed by atoms with Crippen LogP contribution in [0.3, 0.4) is 0 Å². The van der Waals surface area contributed by atoms with Gasteiger partial charge < -0.3 is 4.74 Å². The monoisotopic (exact) mass is 378 g/mol. The Kier molecular flexibility index (Phi) is 4.13. The molecule has 0 bridgehead atoms. The second kappa shape index (κ2) is 6.06. The topological polar surface area (TPSA) is 52.8 Å². The normalized spacial score (nSPS) is 10.7. The van der Waals surface area contributed by atoms with Gasteiger partial charge in [-0.1, -0.05) is 39.7 Å². The minimum Gasteiger partial charge on any atom is -0.494 e. The molecule has 0 saturated carbocycles. The fourth-order valence-electron chi connectivity index (χ4n) is 2.13. The molecule has 0 radical (unpaired) electrons. The zero-order valence-electron chi connectivity index (χ0n) is 11.9. The van der Waals surface area contributed by atoms with Gasteiger partial charge in [0.2, 0.25) is 0 Å². The van der Waals surface area contributed by atoms with Gasteiger partial charge in [-0.25, -0.2) is 9.67 Å². The first-order valence-corrected chi connectivity index (χ1v) is 7.62. The Bertz CT molecular complexity index is 817. The van der Waals surface area contributed by atoms with Crippen molar-refractivity contribution < 1.29 is 4.74 Å². The maximum atomic E-state index is 6.23. The number of nitrogens with zero attached hydrogens (tertiary/aromatic N) is 4. The zero-order chi connectivity index (χ0) is 15.7. The number of benzene rings is 1. The van der Waals surface area contributed by atoms with Gasteiger partial charge in [0.25, 0.3) is 0 Å². The van der Waals surface area contributed by atoms with Crippen LogP contribution in [0.4, 0.5) is 0 Å². The lowest BCUT2D eigenvalue weighted by atomic mass is 10.2. The summed E-state index contributed by atoms with van der Waals surface area (Å²) in [6.07, 6.45) is 3.14. The molecule has 0 aliphatic heterocycles. The van der Waals surface area contributed by atoms with Gasteiger partial charge in [0.05, 0.1) is 23.9 Å². The smallest absolute Gasteiger partial charge is 0.187 e. The van der Waals surface area contributed by atoms with E-state index in [0.717, 1.165) is 15.9 Å². The highest BCUT2D eigenvalue weighted by atomic mass is 79.9. The molecule has 0 amide bonds. The molecule has 0 spiro atoms. The van der Waals surface area contributed by atoms with Crippen molar-refractivity contribution in [2.75, 3.05) is 7.11 Å². The Morgan fingerprint density at radius 1 is 1.18 bits per heavy atom. The molecule has 0 fully saturated rings. The number of methoxy groups -OCH3 is 1. The van der Waals surface area contributed by atoms with E-state index in [0.29, 0.717) is 22.2 Å². The molecule has 0 aliphatic rings. The third-order valence-corrected chi connectivity index (χ3v) is 3.99. The fraction of sp³-hybridized carbons (Fsp3) is 0.133. The van der Waals surface area contributed by atoms with E-state index in [4.69, 9.17) is 16.3 Å². The molecule has 2 heterocycles. The predicted octanol–water partition coefficient (Wildman–Crippen LogP) is 3.97. The Hall–Kier alpha value is -1.92. The van der Waals surface area contributed by atoms with Gasteiger partial charge in [-0.2, -0.15) is 5.10 Å². The predicted molar refractivity (Wildman–Crippen MR) is 88.9 cm³/mol. The summed E-state index contributed by atoms with van der Waals surface area (Å²) in [6, 6.07) is 7.87. The minimum atomic E-state index is 0.451. The molecule has 3 rings (SSSR count). The Morgan fingerprint density at radius 3 is 2.59 bits per heavy atom. The molecule has 0 atom stereocenters. The summed E-state index contributed by atoms with van der Waals surface area (Å²) in [5, 5.41) is 4.90. The second-order valence-electron chi connectivity index (χ2n) is 4.59. The van der Waals surface area contributed by atoms with Crippen LogP contribution in [0.2, 0.25) is 5.02 Å².